The first-order valence-electron chi connectivity index (χ1n) is 25.8. The van der Waals surface area contributed by atoms with Gasteiger partial charge in [0.15, 0.2) is 0 Å². The number of aliphatic hydroxyl groups excluding tert-OH is 4. The number of hydrogen-bond donors (Lipinski definition) is 18. The number of carbonyl (C=O) groups excluding carboxylic acids is 11. The maximum absolute atomic E-state index is 13.9. The molecule has 11 atom stereocenters. The summed E-state index contributed by atoms with van der Waals surface area (Å²) in [7, 11) is 0. The molecular weight excluding hydrogens is 1050 g/mol. The van der Waals surface area contributed by atoms with Crippen molar-refractivity contribution in [1.82, 2.24) is 58.2 Å². The van der Waals surface area contributed by atoms with Crippen molar-refractivity contribution in [1.29, 1.82) is 0 Å². The molecule has 2 rings (SSSR count). The smallest absolute Gasteiger partial charge is 0.328 e. The van der Waals surface area contributed by atoms with Gasteiger partial charge in [0.2, 0.25) is 65.0 Å². The van der Waals surface area contributed by atoms with E-state index in [1.165, 1.54) is 27.7 Å². The third-order valence-electron chi connectivity index (χ3n) is 12.2. The molecule has 0 saturated heterocycles. The summed E-state index contributed by atoms with van der Waals surface area (Å²) in [5.41, 5.74) is 13.0. The first-order chi connectivity index (χ1) is 37.4. The van der Waals surface area contributed by atoms with Crippen molar-refractivity contribution in [3.05, 3.63) is 36.0 Å². The molecule has 0 spiro atoms. The summed E-state index contributed by atoms with van der Waals surface area (Å²) in [5, 5.41) is 73.4. The van der Waals surface area contributed by atoms with Crippen LogP contribution in [0.25, 0.3) is 10.9 Å². The van der Waals surface area contributed by atoms with Gasteiger partial charge in [0, 0.05) is 23.5 Å². The van der Waals surface area contributed by atoms with Crippen LogP contribution in [0.2, 0.25) is 0 Å². The first-order valence-corrected chi connectivity index (χ1v) is 25.8. The second-order valence-corrected chi connectivity index (χ2v) is 20.2. The third-order valence-corrected chi connectivity index (χ3v) is 12.2. The predicted octanol–water partition coefficient (Wildman–Crippen LogP) is -6.40. The molecule has 0 bridgehead atoms. The molecule has 20 N–H and O–H groups in total. The van der Waals surface area contributed by atoms with Crippen LogP contribution >= 0.6 is 0 Å². The van der Waals surface area contributed by atoms with Crippen molar-refractivity contribution in [3.63, 3.8) is 0 Å². The number of rotatable bonds is 34. The minimum absolute atomic E-state index is 0.0574. The van der Waals surface area contributed by atoms with Gasteiger partial charge in [0.05, 0.1) is 44.6 Å². The Morgan fingerprint density at radius 1 is 0.537 bits per heavy atom. The van der Waals surface area contributed by atoms with E-state index in [9.17, 15) is 78.0 Å². The average Bonchev–Trinajstić information content (AvgIpc) is 3.79. The van der Waals surface area contributed by atoms with Crippen LogP contribution in [0, 0.1) is 17.8 Å². The number of nitrogens with one attached hydrogen (secondary N) is 11. The molecule has 1 heterocycles. The van der Waals surface area contributed by atoms with Crippen molar-refractivity contribution in [2.75, 3.05) is 26.3 Å². The Balaban J connectivity index is 2.13. The van der Waals surface area contributed by atoms with Gasteiger partial charge >= 0.3 is 5.97 Å². The SMILES string of the molecule is CC(C)C[C@H](NC(=O)[C@@H](NC(=O)CNC(=O)[C@H](CCC(N)=O)NC(=O)CNC(=O)[C@@H](N)Cc1c[nH]c2ccccc12)[C@@H](C)O)C(=O)N[C@H](C(=O)N[C@H](C(=O)N[C@H](C(=O)N[C@@H](CO)C(=O)N[C@@H](CO)C(=O)O)C(C)C)[C@@H](C)O)C(C)C. The number of carboxylic acids is 1. The number of carbonyl (C=O) groups is 12. The fraction of sp³-hybridized carbons (Fsp3) is 0.600. The highest BCUT2D eigenvalue weighted by Crippen LogP contribution is 2.19. The van der Waals surface area contributed by atoms with Gasteiger partial charge in [-0.25, -0.2) is 4.79 Å². The van der Waals surface area contributed by atoms with Gasteiger partial charge in [-0.1, -0.05) is 59.7 Å². The number of carboxylic acid groups (broad SMARTS) is 1. The number of hydrogen-bond acceptors (Lipinski definition) is 17. The molecule has 0 fully saturated rings. The molecule has 0 unspecified atom stereocenters. The molecule has 0 aliphatic rings. The highest BCUT2D eigenvalue weighted by atomic mass is 16.4. The Morgan fingerprint density at radius 2 is 0.988 bits per heavy atom. The van der Waals surface area contributed by atoms with Crippen molar-refractivity contribution in [2.24, 2.45) is 29.2 Å². The molecular formula is C50H79N13O17. The minimum atomic E-state index is -1.77. The second-order valence-electron chi connectivity index (χ2n) is 20.2. The van der Waals surface area contributed by atoms with E-state index in [1.807, 2.05) is 29.6 Å². The molecule has 30 heteroatoms. The number of nitrogens with two attached hydrogens (primary N) is 2. The van der Waals surface area contributed by atoms with Gasteiger partial charge in [0.1, 0.15) is 48.3 Å². The van der Waals surface area contributed by atoms with Crippen LogP contribution in [0.1, 0.15) is 80.2 Å². The first kappa shape index (κ1) is 68.3. The van der Waals surface area contributed by atoms with Crippen molar-refractivity contribution in [2.45, 2.75) is 148 Å². The summed E-state index contributed by atoms with van der Waals surface area (Å²) in [6.07, 6.45) is -2.13. The summed E-state index contributed by atoms with van der Waals surface area (Å²) in [4.78, 5) is 159. The summed E-state index contributed by atoms with van der Waals surface area (Å²) in [6, 6.07) is -6.47. The van der Waals surface area contributed by atoms with Crippen molar-refractivity contribution >= 4 is 81.9 Å². The second kappa shape index (κ2) is 32.9. The van der Waals surface area contributed by atoms with Gasteiger partial charge in [-0.2, -0.15) is 0 Å². The summed E-state index contributed by atoms with van der Waals surface area (Å²) in [5.74, 6) is -14.0. The van der Waals surface area contributed by atoms with Gasteiger partial charge in [-0.05, 0) is 62.5 Å². The topological polar surface area (TPSA) is 494 Å². The van der Waals surface area contributed by atoms with Gasteiger partial charge in [-0.15, -0.1) is 0 Å². The molecule has 2 aromatic rings. The Bertz CT molecular complexity index is 2500. The maximum atomic E-state index is 13.9. The monoisotopic (exact) mass is 1130 g/mol. The zero-order valence-electron chi connectivity index (χ0n) is 45.9. The van der Waals surface area contributed by atoms with Crippen molar-refractivity contribution < 1.29 is 83.1 Å². The number of amides is 11. The number of para-hydroxylation sites is 1. The van der Waals surface area contributed by atoms with E-state index in [0.29, 0.717) is 0 Å². The maximum Gasteiger partial charge on any atom is 0.328 e. The van der Waals surface area contributed by atoms with E-state index >= 15 is 0 Å². The zero-order valence-corrected chi connectivity index (χ0v) is 45.9. The zero-order chi connectivity index (χ0) is 60.7. The van der Waals surface area contributed by atoms with E-state index in [2.05, 4.69) is 52.8 Å². The van der Waals surface area contributed by atoms with Crippen LogP contribution in [0.15, 0.2) is 30.5 Å². The third kappa shape index (κ3) is 22.1. The Kier molecular flexibility index (Phi) is 28.1. The summed E-state index contributed by atoms with van der Waals surface area (Å²) in [6.45, 7) is 8.27. The van der Waals surface area contributed by atoms with Crippen LogP contribution in [0.4, 0.5) is 0 Å². The molecule has 0 saturated carbocycles. The van der Waals surface area contributed by atoms with Crippen molar-refractivity contribution in [3.8, 4) is 0 Å². The lowest BCUT2D eigenvalue weighted by Gasteiger charge is -2.30. The minimum Gasteiger partial charge on any atom is -0.480 e. The molecule has 0 aliphatic carbocycles. The van der Waals surface area contributed by atoms with Crippen LogP contribution in [-0.2, 0) is 64.0 Å². The van der Waals surface area contributed by atoms with Crippen LogP contribution in [0.3, 0.4) is 0 Å². The molecule has 80 heavy (non-hydrogen) atoms. The molecule has 1 aromatic heterocycles. The summed E-state index contributed by atoms with van der Waals surface area (Å²) < 4.78 is 0. The standard InChI is InChI=1S/C50H79N13O17/c1-22(2)15-32(44(73)61-39(24(5)6)47(76)63-41(26(8)67)49(78)62-38(23(3)4)46(75)58-33(20-64)45(74)59-34(21-65)50(79)80)57-48(77)40(25(7)66)60-37(70)19-55-43(72)31(13-14-35(52)68)56-36(69)18-54-42(71)29(51)16-27-17-53-30-12-10-9-11-28(27)30/h9-12,17,22-26,29,31-34,38-41,53,64-67H,13-16,18-21,51H2,1-8H3,(H2,52,68)(H,54,71)(H,55,72)(H,56,69)(H,57,77)(H,58,75)(H,59,74)(H,60,70)(H,61,73)(H,62,78)(H,63,76)(H,79,80)/t25-,26-,29+,31+,32+,33+,34+,38+,39+,40+,41+/m1/s1. The number of aliphatic hydroxyl groups is 4. The van der Waals surface area contributed by atoms with E-state index < -0.39 is 176 Å². The number of primary amides is 1. The molecule has 30 nitrogen and oxygen atoms in total. The largest absolute Gasteiger partial charge is 0.480 e. The molecule has 446 valence electrons. The van der Waals surface area contributed by atoms with Crippen LogP contribution < -0.4 is 64.6 Å². The Morgan fingerprint density at radius 3 is 1.51 bits per heavy atom. The van der Waals surface area contributed by atoms with E-state index in [1.54, 1.807) is 20.0 Å². The highest BCUT2D eigenvalue weighted by Gasteiger charge is 2.38. The van der Waals surface area contributed by atoms with E-state index in [4.69, 9.17) is 16.6 Å². The van der Waals surface area contributed by atoms with Gasteiger partial charge in [0.25, 0.3) is 0 Å². The Hall–Kier alpha value is -7.80. The molecule has 0 aliphatic heterocycles. The number of benzene rings is 1. The number of aliphatic carboxylic acids is 1. The summed E-state index contributed by atoms with van der Waals surface area (Å²) >= 11 is 0. The molecule has 1 aromatic carbocycles. The Labute approximate surface area is 461 Å². The van der Waals surface area contributed by atoms with E-state index in [-0.39, 0.29) is 31.6 Å². The van der Waals surface area contributed by atoms with Crippen LogP contribution in [-0.4, -0.2) is 194 Å². The van der Waals surface area contributed by atoms with Crippen LogP contribution in [0.5, 0.6) is 0 Å². The molecule has 11 amide bonds. The number of aromatic amines is 1. The number of H-pyrrole nitrogens is 1. The lowest BCUT2D eigenvalue weighted by atomic mass is 9.98. The van der Waals surface area contributed by atoms with E-state index in [0.717, 1.165) is 30.3 Å². The number of aromatic nitrogens is 1. The normalized spacial score (nSPS) is 15.4. The number of fused-ring (bicyclic) bond motifs is 1. The quantitative estimate of drug-likeness (QED) is 0.0310. The van der Waals surface area contributed by atoms with Gasteiger partial charge < -0.3 is 95.2 Å². The lowest BCUT2D eigenvalue weighted by molar-refractivity contribution is -0.143. The van der Waals surface area contributed by atoms with Gasteiger partial charge in [-0.3, -0.25) is 52.7 Å². The highest BCUT2D eigenvalue weighted by molar-refractivity contribution is 5.99. The molecule has 0 radical (unpaired) electrons. The lowest BCUT2D eigenvalue weighted by Crippen LogP contribution is -2.63. The predicted molar refractivity (Wildman–Crippen MR) is 284 cm³/mol. The average molecular weight is 1130 g/mol. The fourth-order valence-corrected chi connectivity index (χ4v) is 7.74. The fourth-order valence-electron chi connectivity index (χ4n) is 7.74.